The van der Waals surface area contributed by atoms with E-state index in [0.717, 1.165) is 0 Å². The Morgan fingerprint density at radius 3 is 2.70 bits per heavy atom. The molecule has 0 spiro atoms. The summed E-state index contributed by atoms with van der Waals surface area (Å²) in [5.74, 6) is 0.694. The minimum Gasteiger partial charge on any atom is -0.384 e. The highest BCUT2D eigenvalue weighted by atomic mass is 32.2. The number of anilines is 1. The molecule has 0 aliphatic rings. The summed E-state index contributed by atoms with van der Waals surface area (Å²) in [5.41, 5.74) is 0.562. The third-order valence-corrected chi connectivity index (χ3v) is 3.99. The van der Waals surface area contributed by atoms with Crippen LogP contribution in [0.5, 0.6) is 0 Å². The Bertz CT molecular complexity index is 682. The van der Waals surface area contributed by atoms with E-state index in [1.165, 1.54) is 0 Å². The van der Waals surface area contributed by atoms with Gasteiger partial charge in [-0.15, -0.1) is 0 Å². The Morgan fingerprint density at radius 2 is 2.05 bits per heavy atom. The topological polar surface area (TPSA) is 97.1 Å². The van der Waals surface area contributed by atoms with Crippen LogP contribution in [0.25, 0.3) is 0 Å². The van der Waals surface area contributed by atoms with Gasteiger partial charge < -0.3 is 9.84 Å². The molecule has 0 atom stereocenters. The Kier molecular flexibility index (Phi) is 4.35. The summed E-state index contributed by atoms with van der Waals surface area (Å²) in [6, 6.07) is 6.71. The highest BCUT2D eigenvalue weighted by Gasteiger charge is 2.18. The van der Waals surface area contributed by atoms with E-state index < -0.39 is 10.0 Å². The summed E-state index contributed by atoms with van der Waals surface area (Å²) < 4.78 is 31.8. The second kappa shape index (κ2) is 6.02. The van der Waals surface area contributed by atoms with Gasteiger partial charge >= 0.3 is 0 Å². The molecule has 0 amide bonds. The van der Waals surface area contributed by atoms with Gasteiger partial charge in [0, 0.05) is 13.5 Å². The third-order valence-electron chi connectivity index (χ3n) is 2.53. The summed E-state index contributed by atoms with van der Waals surface area (Å²) in [7, 11) is -3.64. The molecule has 0 unspecified atom stereocenters. The van der Waals surface area contributed by atoms with Gasteiger partial charge in [-0.1, -0.05) is 17.3 Å². The molecular weight excluding hydrogens is 280 g/mol. The van der Waals surface area contributed by atoms with Crippen LogP contribution in [0.1, 0.15) is 18.6 Å². The zero-order chi connectivity index (χ0) is 14.6. The normalized spacial score (nSPS) is 11.5. The van der Waals surface area contributed by atoms with Crippen LogP contribution in [0.2, 0.25) is 0 Å². The number of rotatable bonds is 6. The summed E-state index contributed by atoms with van der Waals surface area (Å²) in [6.07, 6.45) is 0. The average Bonchev–Trinajstić information content (AvgIpc) is 2.83. The maximum Gasteiger partial charge on any atom is 0.243 e. The fourth-order valence-electron chi connectivity index (χ4n) is 1.69. The Balaban J connectivity index is 2.18. The molecule has 1 aromatic heterocycles. The number of nitrogens with one attached hydrogen (secondary N) is 2. The van der Waals surface area contributed by atoms with E-state index in [1.807, 2.05) is 6.92 Å². The fraction of sp³-hybridized carbons (Fsp3) is 0.333. The van der Waals surface area contributed by atoms with Crippen LogP contribution < -0.4 is 10.0 Å². The molecule has 0 aliphatic heterocycles. The summed E-state index contributed by atoms with van der Waals surface area (Å²) in [4.78, 5) is 4.14. The molecule has 0 saturated heterocycles. The molecular formula is C12H16N4O3S. The number of hydrogen-bond donors (Lipinski definition) is 2. The number of para-hydroxylation sites is 1. The lowest BCUT2D eigenvalue weighted by atomic mass is 10.3. The first-order valence-corrected chi connectivity index (χ1v) is 7.63. The first kappa shape index (κ1) is 14.5. The number of sulfonamides is 1. The third kappa shape index (κ3) is 3.34. The molecule has 7 nitrogen and oxygen atoms in total. The molecule has 8 heteroatoms. The summed E-state index contributed by atoms with van der Waals surface area (Å²) in [6.45, 7) is 4.17. The van der Waals surface area contributed by atoms with Crippen LogP contribution in [0.3, 0.4) is 0 Å². The number of aryl methyl sites for hydroxylation is 1. The number of hydrogen-bond acceptors (Lipinski definition) is 6. The van der Waals surface area contributed by atoms with Gasteiger partial charge in [0.2, 0.25) is 15.9 Å². The highest BCUT2D eigenvalue weighted by molar-refractivity contribution is 7.89. The second-order valence-corrected chi connectivity index (χ2v) is 5.82. The molecule has 0 radical (unpaired) electrons. The lowest BCUT2D eigenvalue weighted by molar-refractivity contribution is 0.387. The fourth-order valence-corrected chi connectivity index (χ4v) is 2.85. The molecule has 1 aromatic carbocycles. The largest absolute Gasteiger partial charge is 0.384 e. The predicted octanol–water partition coefficient (Wildman–Crippen LogP) is 1.29. The van der Waals surface area contributed by atoms with Crippen LogP contribution in [-0.4, -0.2) is 25.1 Å². The van der Waals surface area contributed by atoms with Crippen LogP contribution >= 0.6 is 0 Å². The monoisotopic (exact) mass is 296 g/mol. The van der Waals surface area contributed by atoms with E-state index in [4.69, 9.17) is 4.52 Å². The van der Waals surface area contributed by atoms with Crippen molar-refractivity contribution in [1.82, 2.24) is 14.9 Å². The maximum atomic E-state index is 12.3. The lowest BCUT2D eigenvalue weighted by Gasteiger charge is -2.11. The molecule has 1 heterocycles. The van der Waals surface area contributed by atoms with Crippen LogP contribution in [0, 0.1) is 6.92 Å². The molecule has 108 valence electrons. The predicted molar refractivity (Wildman–Crippen MR) is 73.7 cm³/mol. The zero-order valence-corrected chi connectivity index (χ0v) is 12.1. The van der Waals surface area contributed by atoms with Gasteiger partial charge in [0.1, 0.15) is 4.90 Å². The molecule has 2 rings (SSSR count). The Morgan fingerprint density at radius 1 is 1.30 bits per heavy atom. The molecule has 0 saturated carbocycles. The van der Waals surface area contributed by atoms with Crippen LogP contribution in [0.15, 0.2) is 33.7 Å². The molecule has 0 bridgehead atoms. The molecule has 0 fully saturated rings. The van der Waals surface area contributed by atoms with E-state index in [0.29, 0.717) is 23.9 Å². The number of aromatic nitrogens is 2. The van der Waals surface area contributed by atoms with Gasteiger partial charge in [-0.2, -0.15) is 4.98 Å². The van der Waals surface area contributed by atoms with Gasteiger partial charge in [0.25, 0.3) is 0 Å². The van der Waals surface area contributed by atoms with Crippen LogP contribution in [-0.2, 0) is 16.6 Å². The SMILES string of the molecule is CCNc1ccccc1S(=O)(=O)NCc1noc(C)n1. The number of nitrogens with zero attached hydrogens (tertiary/aromatic N) is 2. The second-order valence-electron chi connectivity index (χ2n) is 4.08. The lowest BCUT2D eigenvalue weighted by Crippen LogP contribution is -2.24. The van der Waals surface area contributed by atoms with Crippen molar-refractivity contribution in [2.24, 2.45) is 0 Å². The minimum atomic E-state index is -3.64. The maximum absolute atomic E-state index is 12.3. The van der Waals surface area contributed by atoms with Crippen molar-refractivity contribution in [3.63, 3.8) is 0 Å². The van der Waals surface area contributed by atoms with Crippen molar-refractivity contribution in [3.05, 3.63) is 36.0 Å². The summed E-state index contributed by atoms with van der Waals surface area (Å²) >= 11 is 0. The first-order valence-electron chi connectivity index (χ1n) is 6.14. The standard InChI is InChI=1S/C12H16N4O3S/c1-3-13-10-6-4-5-7-11(10)20(17,18)14-8-12-15-9(2)19-16-12/h4-7,13-14H,3,8H2,1-2H3. The minimum absolute atomic E-state index is 0.0138. The van der Waals surface area contributed by atoms with E-state index in [-0.39, 0.29) is 11.4 Å². The smallest absolute Gasteiger partial charge is 0.243 e. The Hall–Kier alpha value is -1.93. The Labute approximate surface area is 117 Å². The van der Waals surface area contributed by atoms with Crippen molar-refractivity contribution in [3.8, 4) is 0 Å². The zero-order valence-electron chi connectivity index (χ0n) is 11.3. The van der Waals surface area contributed by atoms with E-state index in [1.54, 1.807) is 31.2 Å². The highest BCUT2D eigenvalue weighted by Crippen LogP contribution is 2.20. The van der Waals surface area contributed by atoms with E-state index >= 15 is 0 Å². The van der Waals surface area contributed by atoms with Crippen molar-refractivity contribution in [2.45, 2.75) is 25.3 Å². The van der Waals surface area contributed by atoms with Gasteiger partial charge in [-0.3, -0.25) is 0 Å². The van der Waals surface area contributed by atoms with Gasteiger partial charge in [-0.05, 0) is 19.1 Å². The average molecular weight is 296 g/mol. The van der Waals surface area contributed by atoms with E-state index in [2.05, 4.69) is 20.2 Å². The van der Waals surface area contributed by atoms with Crippen molar-refractivity contribution < 1.29 is 12.9 Å². The summed E-state index contributed by atoms with van der Waals surface area (Å²) in [5, 5.41) is 6.66. The quantitative estimate of drug-likeness (QED) is 0.833. The van der Waals surface area contributed by atoms with Crippen molar-refractivity contribution >= 4 is 15.7 Å². The van der Waals surface area contributed by atoms with Crippen molar-refractivity contribution in [1.29, 1.82) is 0 Å². The molecule has 2 aromatic rings. The van der Waals surface area contributed by atoms with Crippen molar-refractivity contribution in [2.75, 3.05) is 11.9 Å². The molecule has 0 aliphatic carbocycles. The van der Waals surface area contributed by atoms with Crippen LogP contribution in [0.4, 0.5) is 5.69 Å². The number of benzene rings is 1. The first-order chi connectivity index (χ1) is 9.53. The molecule has 20 heavy (non-hydrogen) atoms. The molecule has 2 N–H and O–H groups in total. The van der Waals surface area contributed by atoms with Gasteiger partial charge in [0.05, 0.1) is 12.2 Å². The van der Waals surface area contributed by atoms with Gasteiger partial charge in [-0.25, -0.2) is 13.1 Å². The van der Waals surface area contributed by atoms with Gasteiger partial charge in [0.15, 0.2) is 5.82 Å². The van der Waals surface area contributed by atoms with E-state index in [9.17, 15) is 8.42 Å².